The molecule has 1 heterocycles. The number of carbonyl (C=O) groups is 1. The fraction of sp³-hybridized carbons (Fsp3) is 0.417. The van der Waals surface area contributed by atoms with Crippen molar-refractivity contribution in [3.05, 3.63) is 23.3 Å². The molecule has 0 amide bonds. The van der Waals surface area contributed by atoms with Crippen LogP contribution in [-0.4, -0.2) is 37.5 Å². The molecular weight excluding hydrogens is 224 g/mol. The summed E-state index contributed by atoms with van der Waals surface area (Å²) in [4.78, 5) is 11.5. The van der Waals surface area contributed by atoms with Gasteiger partial charge in [0, 0.05) is 5.56 Å². The van der Waals surface area contributed by atoms with Crippen LogP contribution in [0.5, 0.6) is 11.5 Å². The van der Waals surface area contributed by atoms with Gasteiger partial charge in [-0.15, -0.1) is 0 Å². The van der Waals surface area contributed by atoms with Gasteiger partial charge in [0.05, 0.1) is 19.3 Å². The Hall–Kier alpha value is -1.75. The molecular formula is C12H14O5. The number of rotatable bonds is 2. The normalized spacial score (nSPS) is 17.7. The molecule has 1 N–H and O–H groups in total. The van der Waals surface area contributed by atoms with Gasteiger partial charge in [-0.3, -0.25) is 0 Å². The molecule has 5 heteroatoms. The first-order valence-corrected chi connectivity index (χ1v) is 5.29. The summed E-state index contributed by atoms with van der Waals surface area (Å²) in [5.74, 6) is 0.665. The monoisotopic (exact) mass is 238 g/mol. The quantitative estimate of drug-likeness (QED) is 0.776. The number of methoxy groups -OCH3 is 1. The van der Waals surface area contributed by atoms with Crippen LogP contribution >= 0.6 is 0 Å². The summed E-state index contributed by atoms with van der Waals surface area (Å²) in [5, 5.41) is 9.04. The van der Waals surface area contributed by atoms with E-state index in [2.05, 4.69) is 4.74 Å². The molecule has 1 aromatic carbocycles. The zero-order chi connectivity index (χ0) is 12.4. The fourth-order valence-electron chi connectivity index (χ4n) is 1.73. The van der Waals surface area contributed by atoms with Crippen LogP contribution in [0.1, 0.15) is 15.9 Å². The summed E-state index contributed by atoms with van der Waals surface area (Å²) in [6, 6.07) is 3.31. The van der Waals surface area contributed by atoms with Gasteiger partial charge in [-0.1, -0.05) is 0 Å². The predicted molar refractivity (Wildman–Crippen MR) is 59.5 cm³/mol. The highest BCUT2D eigenvalue weighted by Crippen LogP contribution is 2.36. The van der Waals surface area contributed by atoms with E-state index < -0.39 is 12.1 Å². The summed E-state index contributed by atoms with van der Waals surface area (Å²) >= 11 is 0. The van der Waals surface area contributed by atoms with Gasteiger partial charge in [-0.25, -0.2) is 4.79 Å². The van der Waals surface area contributed by atoms with Gasteiger partial charge < -0.3 is 19.3 Å². The third-order valence-electron chi connectivity index (χ3n) is 2.69. The molecule has 1 aromatic rings. The SMILES string of the molecule is COC(=O)c1ccc2c(c1C)O[C@@H](CO)CO2. The molecule has 17 heavy (non-hydrogen) atoms. The van der Waals surface area contributed by atoms with Crippen molar-refractivity contribution in [3.63, 3.8) is 0 Å². The molecule has 0 spiro atoms. The highest BCUT2D eigenvalue weighted by molar-refractivity contribution is 5.92. The van der Waals surface area contributed by atoms with Gasteiger partial charge in [0.1, 0.15) is 6.61 Å². The van der Waals surface area contributed by atoms with Crippen molar-refractivity contribution in [1.82, 2.24) is 0 Å². The van der Waals surface area contributed by atoms with Crippen molar-refractivity contribution in [1.29, 1.82) is 0 Å². The standard InChI is InChI=1S/C12H14O5/c1-7-9(12(14)15-2)3-4-10-11(7)17-8(5-13)6-16-10/h3-4,8,13H,5-6H2,1-2H3/t8-/m0/s1. The number of hydrogen-bond acceptors (Lipinski definition) is 5. The van der Waals surface area contributed by atoms with Gasteiger partial charge in [-0.2, -0.15) is 0 Å². The van der Waals surface area contributed by atoms with Crippen LogP contribution in [0, 0.1) is 6.92 Å². The minimum absolute atomic E-state index is 0.124. The van der Waals surface area contributed by atoms with E-state index in [1.54, 1.807) is 19.1 Å². The maximum atomic E-state index is 11.5. The van der Waals surface area contributed by atoms with E-state index in [-0.39, 0.29) is 6.61 Å². The van der Waals surface area contributed by atoms with Crippen molar-refractivity contribution in [3.8, 4) is 11.5 Å². The minimum atomic E-state index is -0.417. The number of aliphatic hydroxyl groups is 1. The first-order chi connectivity index (χ1) is 8.17. The van der Waals surface area contributed by atoms with E-state index in [1.807, 2.05) is 0 Å². The summed E-state index contributed by atoms with van der Waals surface area (Å²) < 4.78 is 15.7. The lowest BCUT2D eigenvalue weighted by Crippen LogP contribution is -2.32. The number of ether oxygens (including phenoxy) is 3. The van der Waals surface area contributed by atoms with Gasteiger partial charge in [-0.05, 0) is 19.1 Å². The Morgan fingerprint density at radius 2 is 2.35 bits per heavy atom. The van der Waals surface area contributed by atoms with E-state index in [0.29, 0.717) is 29.2 Å². The average Bonchev–Trinajstić information content (AvgIpc) is 2.38. The third kappa shape index (κ3) is 2.06. The molecule has 5 nitrogen and oxygen atoms in total. The molecule has 0 radical (unpaired) electrons. The average molecular weight is 238 g/mol. The van der Waals surface area contributed by atoms with E-state index in [9.17, 15) is 4.79 Å². The third-order valence-corrected chi connectivity index (χ3v) is 2.69. The molecule has 1 aliphatic rings. The van der Waals surface area contributed by atoms with Crippen molar-refractivity contribution < 1.29 is 24.1 Å². The lowest BCUT2D eigenvalue weighted by atomic mass is 10.1. The highest BCUT2D eigenvalue weighted by atomic mass is 16.6. The Morgan fingerprint density at radius 1 is 1.59 bits per heavy atom. The van der Waals surface area contributed by atoms with Crippen LogP contribution in [-0.2, 0) is 4.74 Å². The Kier molecular flexibility index (Phi) is 3.19. The van der Waals surface area contributed by atoms with E-state index in [4.69, 9.17) is 14.6 Å². The van der Waals surface area contributed by atoms with Crippen LogP contribution in [0.15, 0.2) is 12.1 Å². The smallest absolute Gasteiger partial charge is 0.338 e. The molecule has 0 aliphatic carbocycles. The second kappa shape index (κ2) is 4.63. The zero-order valence-corrected chi connectivity index (χ0v) is 9.73. The number of aliphatic hydroxyl groups excluding tert-OH is 1. The van der Waals surface area contributed by atoms with Crippen molar-refractivity contribution in [2.45, 2.75) is 13.0 Å². The Balaban J connectivity index is 2.40. The number of esters is 1. The lowest BCUT2D eigenvalue weighted by molar-refractivity contribution is 0.0443. The van der Waals surface area contributed by atoms with Crippen molar-refractivity contribution in [2.24, 2.45) is 0 Å². The number of carbonyl (C=O) groups excluding carboxylic acids is 1. The largest absolute Gasteiger partial charge is 0.486 e. The van der Waals surface area contributed by atoms with Crippen LogP contribution in [0.25, 0.3) is 0 Å². The predicted octanol–water partition coefficient (Wildman–Crippen LogP) is 0.914. The van der Waals surface area contributed by atoms with E-state index in [1.165, 1.54) is 7.11 Å². The number of hydrogen-bond donors (Lipinski definition) is 1. The van der Waals surface area contributed by atoms with E-state index >= 15 is 0 Å². The highest BCUT2D eigenvalue weighted by Gasteiger charge is 2.25. The molecule has 0 aromatic heterocycles. The molecule has 0 fully saturated rings. The minimum Gasteiger partial charge on any atom is -0.486 e. The van der Waals surface area contributed by atoms with Crippen LogP contribution < -0.4 is 9.47 Å². The molecule has 92 valence electrons. The maximum Gasteiger partial charge on any atom is 0.338 e. The topological polar surface area (TPSA) is 65.0 Å². The summed E-state index contributed by atoms with van der Waals surface area (Å²) in [6.45, 7) is 1.94. The first kappa shape index (κ1) is 11.7. The molecule has 0 saturated heterocycles. The van der Waals surface area contributed by atoms with Crippen LogP contribution in [0.2, 0.25) is 0 Å². The van der Waals surface area contributed by atoms with Gasteiger partial charge in [0.15, 0.2) is 17.6 Å². The van der Waals surface area contributed by atoms with E-state index in [0.717, 1.165) is 0 Å². The van der Waals surface area contributed by atoms with Gasteiger partial charge in [0.25, 0.3) is 0 Å². The molecule has 1 atom stereocenters. The molecule has 0 saturated carbocycles. The molecule has 1 aliphatic heterocycles. The zero-order valence-electron chi connectivity index (χ0n) is 9.73. The van der Waals surface area contributed by atoms with Crippen LogP contribution in [0.4, 0.5) is 0 Å². The van der Waals surface area contributed by atoms with Gasteiger partial charge >= 0.3 is 5.97 Å². The molecule has 2 rings (SSSR count). The second-order valence-corrected chi connectivity index (χ2v) is 3.79. The lowest BCUT2D eigenvalue weighted by Gasteiger charge is -2.27. The van der Waals surface area contributed by atoms with Gasteiger partial charge in [0.2, 0.25) is 0 Å². The van der Waals surface area contributed by atoms with Crippen LogP contribution in [0.3, 0.4) is 0 Å². The summed E-state index contributed by atoms with van der Waals surface area (Å²) in [6.07, 6.45) is -0.394. The maximum absolute atomic E-state index is 11.5. The number of fused-ring (bicyclic) bond motifs is 1. The van der Waals surface area contributed by atoms with Crippen molar-refractivity contribution >= 4 is 5.97 Å². The number of benzene rings is 1. The Morgan fingerprint density at radius 3 is 3.00 bits per heavy atom. The summed E-state index contributed by atoms with van der Waals surface area (Å²) in [5.41, 5.74) is 1.10. The molecule has 0 bridgehead atoms. The Labute approximate surface area is 98.9 Å². The molecule has 0 unspecified atom stereocenters. The Bertz CT molecular complexity index is 441. The fourth-order valence-corrected chi connectivity index (χ4v) is 1.73. The summed E-state index contributed by atoms with van der Waals surface area (Å²) in [7, 11) is 1.33. The second-order valence-electron chi connectivity index (χ2n) is 3.79. The van der Waals surface area contributed by atoms with Crippen molar-refractivity contribution in [2.75, 3.05) is 20.3 Å². The first-order valence-electron chi connectivity index (χ1n) is 5.29.